The van der Waals surface area contributed by atoms with E-state index >= 15 is 0 Å². The smallest absolute Gasteiger partial charge is 0.123 e. The van der Waals surface area contributed by atoms with Gasteiger partial charge in [0.25, 0.3) is 0 Å². The highest BCUT2D eigenvalue weighted by Crippen LogP contribution is 2.16. The summed E-state index contributed by atoms with van der Waals surface area (Å²) in [6, 6.07) is 6.01. The molecule has 0 spiro atoms. The van der Waals surface area contributed by atoms with E-state index in [2.05, 4.69) is 6.58 Å². The zero-order chi connectivity index (χ0) is 10.6. The first-order chi connectivity index (χ1) is 6.63. The van der Waals surface area contributed by atoms with Crippen molar-refractivity contribution >= 4 is 0 Å². The number of halogens is 1. The maximum Gasteiger partial charge on any atom is 0.123 e. The Kier molecular flexibility index (Phi) is 3.69. The number of hydrogen-bond donors (Lipinski definition) is 0. The molecule has 76 valence electrons. The van der Waals surface area contributed by atoms with Crippen LogP contribution in [0, 0.1) is 5.82 Å². The van der Waals surface area contributed by atoms with Gasteiger partial charge in [0.15, 0.2) is 0 Å². The van der Waals surface area contributed by atoms with Gasteiger partial charge in [-0.25, -0.2) is 4.39 Å². The number of ether oxygens (including phenoxy) is 1. The van der Waals surface area contributed by atoms with Gasteiger partial charge in [-0.15, -0.1) is 0 Å². The van der Waals surface area contributed by atoms with Gasteiger partial charge in [0.05, 0.1) is 0 Å². The van der Waals surface area contributed by atoms with E-state index in [1.807, 2.05) is 13.8 Å². The van der Waals surface area contributed by atoms with Gasteiger partial charge in [0.2, 0.25) is 0 Å². The molecule has 0 aromatic heterocycles. The molecule has 2 heteroatoms. The van der Waals surface area contributed by atoms with Crippen LogP contribution in [0.3, 0.4) is 0 Å². The number of hydrogen-bond acceptors (Lipinski definition) is 1. The van der Waals surface area contributed by atoms with Crippen LogP contribution >= 0.6 is 0 Å². The molecule has 0 N–H and O–H groups in total. The Morgan fingerprint density at radius 2 is 2.00 bits per heavy atom. The summed E-state index contributed by atoms with van der Waals surface area (Å²) in [6.45, 7) is 7.86. The van der Waals surface area contributed by atoms with E-state index in [9.17, 15) is 4.39 Å². The van der Waals surface area contributed by atoms with Crippen molar-refractivity contribution in [1.82, 2.24) is 0 Å². The van der Waals surface area contributed by atoms with Crippen molar-refractivity contribution < 1.29 is 9.13 Å². The summed E-state index contributed by atoms with van der Waals surface area (Å²) in [5.41, 5.74) is 1.04. The molecule has 0 aliphatic rings. The molecule has 0 radical (unpaired) electrons. The average molecular weight is 194 g/mol. The number of benzene rings is 1. The molecule has 0 aliphatic carbocycles. The largest absolute Gasteiger partial charge is 0.486 e. The van der Waals surface area contributed by atoms with Gasteiger partial charge in [-0.05, 0) is 43.2 Å². The van der Waals surface area contributed by atoms with Crippen molar-refractivity contribution in [1.29, 1.82) is 0 Å². The van der Waals surface area contributed by atoms with E-state index in [-0.39, 0.29) is 11.9 Å². The zero-order valence-electron chi connectivity index (χ0n) is 8.59. The maximum atomic E-state index is 12.6. The lowest BCUT2D eigenvalue weighted by Gasteiger charge is -2.15. The lowest BCUT2D eigenvalue weighted by Crippen LogP contribution is -2.13. The third kappa shape index (κ3) is 2.87. The highest BCUT2D eigenvalue weighted by Gasteiger charge is 2.06. The van der Waals surface area contributed by atoms with E-state index in [0.29, 0.717) is 5.75 Å². The molecular formula is C12H15FO. The van der Waals surface area contributed by atoms with Crippen LogP contribution in [0.5, 0.6) is 5.75 Å². The van der Waals surface area contributed by atoms with Crippen molar-refractivity contribution in [3.63, 3.8) is 0 Å². The van der Waals surface area contributed by atoms with Gasteiger partial charge in [0.1, 0.15) is 17.7 Å². The Labute approximate surface area is 84.2 Å². The quantitative estimate of drug-likeness (QED) is 0.666. The molecule has 0 amide bonds. The van der Waals surface area contributed by atoms with E-state index in [1.165, 1.54) is 12.1 Å². The third-order valence-electron chi connectivity index (χ3n) is 2.16. The SMILES string of the molecule is C=C(CC)C(C)Oc1ccc(F)cc1. The first kappa shape index (κ1) is 10.8. The topological polar surface area (TPSA) is 9.23 Å². The third-order valence-corrected chi connectivity index (χ3v) is 2.16. The molecule has 1 aromatic carbocycles. The van der Waals surface area contributed by atoms with Gasteiger partial charge in [-0.2, -0.15) is 0 Å². The van der Waals surface area contributed by atoms with Gasteiger partial charge >= 0.3 is 0 Å². The standard InChI is InChI=1S/C12H15FO/c1-4-9(2)10(3)14-12-7-5-11(13)6-8-12/h5-8,10H,2,4H2,1,3H3. The predicted octanol–water partition coefficient (Wildman–Crippen LogP) is 3.56. The van der Waals surface area contributed by atoms with Crippen LogP contribution in [0.1, 0.15) is 20.3 Å². The summed E-state index contributed by atoms with van der Waals surface area (Å²) in [6.07, 6.45) is 0.869. The Bertz CT molecular complexity index is 303. The lowest BCUT2D eigenvalue weighted by molar-refractivity contribution is 0.254. The molecule has 0 bridgehead atoms. The molecule has 1 rings (SSSR count). The summed E-state index contributed by atoms with van der Waals surface area (Å²) < 4.78 is 18.1. The second-order valence-corrected chi connectivity index (χ2v) is 3.23. The van der Waals surface area contributed by atoms with Crippen molar-refractivity contribution in [2.24, 2.45) is 0 Å². The van der Waals surface area contributed by atoms with Crippen LogP contribution in [-0.2, 0) is 0 Å². The van der Waals surface area contributed by atoms with Gasteiger partial charge in [-0.1, -0.05) is 13.5 Å². The van der Waals surface area contributed by atoms with Crippen LogP contribution in [0.2, 0.25) is 0 Å². The highest BCUT2D eigenvalue weighted by molar-refractivity contribution is 5.23. The van der Waals surface area contributed by atoms with Crippen LogP contribution in [-0.4, -0.2) is 6.10 Å². The lowest BCUT2D eigenvalue weighted by atomic mass is 10.1. The van der Waals surface area contributed by atoms with Crippen molar-refractivity contribution in [2.45, 2.75) is 26.4 Å². The molecule has 1 atom stereocenters. The second-order valence-electron chi connectivity index (χ2n) is 3.23. The van der Waals surface area contributed by atoms with Gasteiger partial charge in [-0.3, -0.25) is 0 Å². The molecule has 1 nitrogen and oxygen atoms in total. The minimum Gasteiger partial charge on any atom is -0.486 e. The molecule has 1 unspecified atom stereocenters. The van der Waals surface area contributed by atoms with Crippen molar-refractivity contribution in [3.05, 3.63) is 42.2 Å². The zero-order valence-corrected chi connectivity index (χ0v) is 8.59. The first-order valence-corrected chi connectivity index (χ1v) is 4.73. The highest BCUT2D eigenvalue weighted by atomic mass is 19.1. The minimum atomic E-state index is -0.251. The summed E-state index contributed by atoms with van der Waals surface area (Å²) >= 11 is 0. The molecule has 0 saturated heterocycles. The maximum absolute atomic E-state index is 12.6. The van der Waals surface area contributed by atoms with Crippen LogP contribution in [0.15, 0.2) is 36.4 Å². The average Bonchev–Trinajstić information content (AvgIpc) is 2.20. The minimum absolute atomic E-state index is 0.0227. The summed E-state index contributed by atoms with van der Waals surface area (Å²) in [5.74, 6) is 0.424. The fraction of sp³-hybridized carbons (Fsp3) is 0.333. The van der Waals surface area contributed by atoms with Gasteiger partial charge < -0.3 is 4.74 Å². The van der Waals surface area contributed by atoms with E-state index in [4.69, 9.17) is 4.74 Å². The molecule has 0 fully saturated rings. The normalized spacial score (nSPS) is 12.2. The van der Waals surface area contributed by atoms with E-state index < -0.39 is 0 Å². The monoisotopic (exact) mass is 194 g/mol. The molecular weight excluding hydrogens is 179 g/mol. The van der Waals surface area contributed by atoms with Crippen molar-refractivity contribution in [2.75, 3.05) is 0 Å². The second kappa shape index (κ2) is 4.80. The Morgan fingerprint density at radius 3 is 2.50 bits per heavy atom. The van der Waals surface area contributed by atoms with E-state index in [0.717, 1.165) is 12.0 Å². The predicted molar refractivity (Wildman–Crippen MR) is 55.9 cm³/mol. The van der Waals surface area contributed by atoms with E-state index in [1.54, 1.807) is 12.1 Å². The molecule has 0 aliphatic heterocycles. The Balaban J connectivity index is 2.60. The first-order valence-electron chi connectivity index (χ1n) is 4.73. The van der Waals surface area contributed by atoms with Crippen LogP contribution in [0.4, 0.5) is 4.39 Å². The Morgan fingerprint density at radius 1 is 1.43 bits per heavy atom. The Hall–Kier alpha value is -1.31. The summed E-state index contributed by atoms with van der Waals surface area (Å²) in [7, 11) is 0. The van der Waals surface area contributed by atoms with Crippen LogP contribution in [0.25, 0.3) is 0 Å². The van der Waals surface area contributed by atoms with Crippen LogP contribution < -0.4 is 4.74 Å². The molecule has 14 heavy (non-hydrogen) atoms. The van der Waals surface area contributed by atoms with Crippen molar-refractivity contribution in [3.8, 4) is 5.75 Å². The molecule has 1 aromatic rings. The summed E-state index contributed by atoms with van der Waals surface area (Å²) in [5, 5.41) is 0. The molecule has 0 heterocycles. The fourth-order valence-corrected chi connectivity index (χ4v) is 1.09. The summed E-state index contributed by atoms with van der Waals surface area (Å²) in [4.78, 5) is 0. The fourth-order valence-electron chi connectivity index (χ4n) is 1.09. The van der Waals surface area contributed by atoms with Gasteiger partial charge in [0, 0.05) is 0 Å². The number of rotatable bonds is 4. The molecule has 0 saturated carbocycles.